The SMILES string of the molecule is CN1C[C@H](c2ccccc2)[C@H](C(=O)Nc2nccs2)C1. The molecule has 1 amide bonds. The number of carbonyl (C=O) groups excluding carboxylic acids is 1. The molecule has 5 heteroatoms. The number of nitrogens with one attached hydrogen (secondary N) is 1. The Bertz CT molecular complexity index is 570. The summed E-state index contributed by atoms with van der Waals surface area (Å²) in [6.07, 6.45) is 1.70. The summed E-state index contributed by atoms with van der Waals surface area (Å²) in [6.45, 7) is 1.71. The van der Waals surface area contributed by atoms with Gasteiger partial charge in [-0.05, 0) is 12.6 Å². The number of hydrogen-bond donors (Lipinski definition) is 1. The lowest BCUT2D eigenvalue weighted by molar-refractivity contribution is -0.119. The largest absolute Gasteiger partial charge is 0.305 e. The van der Waals surface area contributed by atoms with E-state index in [4.69, 9.17) is 0 Å². The van der Waals surface area contributed by atoms with Crippen LogP contribution in [0, 0.1) is 5.92 Å². The van der Waals surface area contributed by atoms with E-state index in [9.17, 15) is 4.79 Å². The predicted molar refractivity (Wildman–Crippen MR) is 80.9 cm³/mol. The summed E-state index contributed by atoms with van der Waals surface area (Å²) in [7, 11) is 2.06. The fraction of sp³-hybridized carbons (Fsp3) is 0.333. The highest BCUT2D eigenvalue weighted by Gasteiger charge is 2.37. The van der Waals surface area contributed by atoms with E-state index in [1.807, 2.05) is 23.6 Å². The van der Waals surface area contributed by atoms with Crippen molar-refractivity contribution in [1.82, 2.24) is 9.88 Å². The second-order valence-corrected chi connectivity index (χ2v) is 6.07. The first kappa shape index (κ1) is 13.3. The maximum absolute atomic E-state index is 12.5. The van der Waals surface area contributed by atoms with E-state index in [1.54, 1.807) is 6.20 Å². The highest BCUT2D eigenvalue weighted by atomic mass is 32.1. The first-order valence-electron chi connectivity index (χ1n) is 6.68. The number of nitrogens with zero attached hydrogens (tertiary/aromatic N) is 2. The molecule has 0 unspecified atom stereocenters. The summed E-state index contributed by atoms with van der Waals surface area (Å²) < 4.78 is 0. The Hall–Kier alpha value is -1.72. The molecule has 2 atom stereocenters. The lowest BCUT2D eigenvalue weighted by Gasteiger charge is -2.17. The molecule has 1 fully saturated rings. The zero-order chi connectivity index (χ0) is 13.9. The first-order chi connectivity index (χ1) is 9.74. The molecule has 4 nitrogen and oxygen atoms in total. The topological polar surface area (TPSA) is 45.2 Å². The molecule has 1 N–H and O–H groups in total. The minimum Gasteiger partial charge on any atom is -0.305 e. The lowest BCUT2D eigenvalue weighted by Crippen LogP contribution is -2.28. The Kier molecular flexibility index (Phi) is 3.80. The van der Waals surface area contributed by atoms with Gasteiger partial charge in [-0.1, -0.05) is 30.3 Å². The van der Waals surface area contributed by atoms with Gasteiger partial charge < -0.3 is 10.2 Å². The van der Waals surface area contributed by atoms with Crippen LogP contribution >= 0.6 is 11.3 Å². The van der Waals surface area contributed by atoms with E-state index in [2.05, 4.69) is 34.4 Å². The maximum atomic E-state index is 12.5. The molecule has 1 saturated heterocycles. The highest BCUT2D eigenvalue weighted by Crippen LogP contribution is 2.32. The molecular weight excluding hydrogens is 270 g/mol. The number of rotatable bonds is 3. The van der Waals surface area contributed by atoms with Crippen LogP contribution < -0.4 is 5.32 Å². The number of carbonyl (C=O) groups is 1. The Balaban J connectivity index is 1.78. The third-order valence-corrected chi connectivity index (χ3v) is 4.42. The molecule has 1 aliphatic rings. The van der Waals surface area contributed by atoms with Crippen molar-refractivity contribution in [3.63, 3.8) is 0 Å². The summed E-state index contributed by atoms with van der Waals surface area (Å²) in [5, 5.41) is 5.47. The van der Waals surface area contributed by atoms with Crippen molar-refractivity contribution in [2.45, 2.75) is 5.92 Å². The van der Waals surface area contributed by atoms with Crippen LogP contribution in [-0.4, -0.2) is 35.9 Å². The van der Waals surface area contributed by atoms with Crippen molar-refractivity contribution in [3.8, 4) is 0 Å². The van der Waals surface area contributed by atoms with Gasteiger partial charge >= 0.3 is 0 Å². The average Bonchev–Trinajstić information content (AvgIpc) is 3.09. The predicted octanol–water partition coefficient (Wildman–Crippen LogP) is 2.43. The van der Waals surface area contributed by atoms with Gasteiger partial charge in [0.25, 0.3) is 0 Å². The molecule has 2 aromatic rings. The minimum absolute atomic E-state index is 0.0219. The number of thiazole rings is 1. The first-order valence-corrected chi connectivity index (χ1v) is 7.56. The summed E-state index contributed by atoms with van der Waals surface area (Å²) >= 11 is 1.45. The van der Waals surface area contributed by atoms with E-state index >= 15 is 0 Å². The van der Waals surface area contributed by atoms with Crippen LogP contribution in [0.15, 0.2) is 41.9 Å². The Labute approximate surface area is 122 Å². The molecule has 0 radical (unpaired) electrons. The molecule has 0 bridgehead atoms. The van der Waals surface area contributed by atoms with Gasteiger partial charge in [-0.3, -0.25) is 4.79 Å². The van der Waals surface area contributed by atoms with Crippen molar-refractivity contribution < 1.29 is 4.79 Å². The van der Waals surface area contributed by atoms with Crippen LogP contribution in [0.5, 0.6) is 0 Å². The summed E-state index contributed by atoms with van der Waals surface area (Å²) in [6, 6.07) is 10.3. The quantitative estimate of drug-likeness (QED) is 0.943. The standard InChI is InChI=1S/C15H17N3OS/c1-18-9-12(11-5-3-2-4-6-11)13(10-18)14(19)17-15-16-7-8-20-15/h2-8,12-13H,9-10H2,1H3,(H,16,17,19)/t12-,13-/m1/s1. The van der Waals surface area contributed by atoms with Gasteiger partial charge in [0.05, 0.1) is 5.92 Å². The Morgan fingerprint density at radius 1 is 1.35 bits per heavy atom. The second-order valence-electron chi connectivity index (χ2n) is 5.17. The number of likely N-dealkylation sites (tertiary alicyclic amines) is 1. The van der Waals surface area contributed by atoms with Crippen LogP contribution in [0.3, 0.4) is 0 Å². The molecule has 2 heterocycles. The van der Waals surface area contributed by atoms with Crippen LogP contribution in [-0.2, 0) is 4.79 Å². The van der Waals surface area contributed by atoms with Gasteiger partial charge in [-0.2, -0.15) is 0 Å². The number of likely N-dealkylation sites (N-methyl/N-ethyl adjacent to an activating group) is 1. The number of aromatic nitrogens is 1. The number of hydrogen-bond acceptors (Lipinski definition) is 4. The van der Waals surface area contributed by atoms with Crippen molar-refractivity contribution in [2.75, 3.05) is 25.5 Å². The normalized spacial score (nSPS) is 22.9. The van der Waals surface area contributed by atoms with Crippen LogP contribution in [0.4, 0.5) is 5.13 Å². The fourth-order valence-electron chi connectivity index (χ4n) is 2.79. The number of amides is 1. The summed E-state index contributed by atoms with van der Waals surface area (Å²) in [4.78, 5) is 18.8. The fourth-order valence-corrected chi connectivity index (χ4v) is 3.32. The van der Waals surface area contributed by atoms with Crippen LogP contribution in [0.2, 0.25) is 0 Å². The lowest BCUT2D eigenvalue weighted by atomic mass is 9.88. The highest BCUT2D eigenvalue weighted by molar-refractivity contribution is 7.13. The molecule has 20 heavy (non-hydrogen) atoms. The molecule has 104 valence electrons. The minimum atomic E-state index is -0.0219. The van der Waals surface area contributed by atoms with E-state index in [0.29, 0.717) is 5.13 Å². The monoisotopic (exact) mass is 287 g/mol. The van der Waals surface area contributed by atoms with Gasteiger partial charge in [0.1, 0.15) is 0 Å². The number of anilines is 1. The Morgan fingerprint density at radius 2 is 2.15 bits per heavy atom. The van der Waals surface area contributed by atoms with Crippen molar-refractivity contribution in [3.05, 3.63) is 47.5 Å². The molecule has 0 aliphatic carbocycles. The average molecular weight is 287 g/mol. The molecule has 1 aromatic heterocycles. The summed E-state index contributed by atoms with van der Waals surface area (Å²) in [5.41, 5.74) is 1.23. The van der Waals surface area contributed by atoms with Gasteiger partial charge in [0.2, 0.25) is 5.91 Å². The smallest absolute Gasteiger partial charge is 0.231 e. The second kappa shape index (κ2) is 5.73. The zero-order valence-corrected chi connectivity index (χ0v) is 12.1. The molecule has 0 spiro atoms. The maximum Gasteiger partial charge on any atom is 0.231 e. The van der Waals surface area contributed by atoms with E-state index in [1.165, 1.54) is 16.9 Å². The van der Waals surface area contributed by atoms with E-state index in [-0.39, 0.29) is 17.7 Å². The molecule has 1 aromatic carbocycles. The van der Waals surface area contributed by atoms with Gasteiger partial charge in [0.15, 0.2) is 5.13 Å². The molecule has 1 aliphatic heterocycles. The van der Waals surface area contributed by atoms with Gasteiger partial charge in [-0.25, -0.2) is 4.98 Å². The van der Waals surface area contributed by atoms with Crippen molar-refractivity contribution >= 4 is 22.4 Å². The van der Waals surface area contributed by atoms with Crippen LogP contribution in [0.25, 0.3) is 0 Å². The zero-order valence-electron chi connectivity index (χ0n) is 11.3. The number of benzene rings is 1. The van der Waals surface area contributed by atoms with Crippen LogP contribution in [0.1, 0.15) is 11.5 Å². The third kappa shape index (κ3) is 2.73. The molecule has 0 saturated carbocycles. The molecule has 3 rings (SSSR count). The van der Waals surface area contributed by atoms with E-state index in [0.717, 1.165) is 13.1 Å². The van der Waals surface area contributed by atoms with Crippen molar-refractivity contribution in [2.24, 2.45) is 5.92 Å². The van der Waals surface area contributed by atoms with Gasteiger partial charge in [-0.15, -0.1) is 11.3 Å². The Morgan fingerprint density at radius 3 is 2.85 bits per heavy atom. The molecular formula is C15H17N3OS. The van der Waals surface area contributed by atoms with E-state index < -0.39 is 0 Å². The third-order valence-electron chi connectivity index (χ3n) is 3.73. The van der Waals surface area contributed by atoms with Gasteiger partial charge in [0, 0.05) is 30.6 Å². The van der Waals surface area contributed by atoms with Crippen molar-refractivity contribution in [1.29, 1.82) is 0 Å². The summed E-state index contributed by atoms with van der Waals surface area (Å²) in [5.74, 6) is 0.297.